The van der Waals surface area contributed by atoms with E-state index in [2.05, 4.69) is 13.0 Å². The molecule has 0 saturated carbocycles. The molecule has 106 valence electrons. The normalized spacial score (nSPS) is 21.1. The van der Waals surface area contributed by atoms with Crippen LogP contribution in [0.4, 0.5) is 0 Å². The Morgan fingerprint density at radius 3 is 2.80 bits per heavy atom. The van der Waals surface area contributed by atoms with Crippen LogP contribution in [-0.2, 0) is 11.2 Å². The third-order valence-electron chi connectivity index (χ3n) is 3.82. The van der Waals surface area contributed by atoms with Crippen molar-refractivity contribution >= 4 is 5.78 Å². The number of morpholine rings is 1. The fourth-order valence-electron chi connectivity index (χ4n) is 2.41. The third-order valence-corrected chi connectivity index (χ3v) is 3.82. The number of ether oxygens (including phenoxy) is 1. The number of ketones is 1. The number of nitriles is 1. The van der Waals surface area contributed by atoms with E-state index in [1.165, 1.54) is 5.56 Å². The highest BCUT2D eigenvalue weighted by Gasteiger charge is 2.28. The van der Waals surface area contributed by atoms with Crippen molar-refractivity contribution in [1.82, 2.24) is 4.90 Å². The summed E-state index contributed by atoms with van der Waals surface area (Å²) in [6.45, 7) is 5.68. The van der Waals surface area contributed by atoms with E-state index in [-0.39, 0.29) is 11.8 Å². The summed E-state index contributed by atoms with van der Waals surface area (Å²) in [4.78, 5) is 14.5. The molecule has 2 unspecified atom stereocenters. The Morgan fingerprint density at radius 2 is 2.20 bits per heavy atom. The van der Waals surface area contributed by atoms with Crippen molar-refractivity contribution in [3.63, 3.8) is 0 Å². The van der Waals surface area contributed by atoms with Crippen LogP contribution >= 0.6 is 0 Å². The van der Waals surface area contributed by atoms with Crippen molar-refractivity contribution in [2.45, 2.75) is 32.4 Å². The van der Waals surface area contributed by atoms with Crippen LogP contribution in [0.3, 0.4) is 0 Å². The quantitative estimate of drug-likeness (QED) is 0.787. The molecule has 0 aromatic heterocycles. The van der Waals surface area contributed by atoms with E-state index in [4.69, 9.17) is 10.00 Å². The van der Waals surface area contributed by atoms with Gasteiger partial charge in [-0.15, -0.1) is 0 Å². The van der Waals surface area contributed by atoms with Gasteiger partial charge < -0.3 is 4.74 Å². The Balaban J connectivity index is 2.05. The summed E-state index contributed by atoms with van der Waals surface area (Å²) in [6, 6.07) is 9.66. The van der Waals surface area contributed by atoms with Crippen molar-refractivity contribution in [2.75, 3.05) is 19.7 Å². The summed E-state index contributed by atoms with van der Waals surface area (Å²) in [6.07, 6.45) is 0.540. The summed E-state index contributed by atoms with van der Waals surface area (Å²) >= 11 is 0. The molecule has 1 aromatic carbocycles. The first-order valence-electron chi connectivity index (χ1n) is 7.04. The second-order valence-electron chi connectivity index (χ2n) is 5.07. The van der Waals surface area contributed by atoms with Gasteiger partial charge in [0.2, 0.25) is 0 Å². The highest BCUT2D eigenvalue weighted by Crippen LogP contribution is 2.14. The first kappa shape index (κ1) is 14.7. The molecule has 0 spiro atoms. The van der Waals surface area contributed by atoms with Crippen molar-refractivity contribution in [2.24, 2.45) is 0 Å². The molecule has 20 heavy (non-hydrogen) atoms. The molecule has 2 rings (SSSR count). The van der Waals surface area contributed by atoms with E-state index in [9.17, 15) is 4.79 Å². The highest BCUT2D eigenvalue weighted by atomic mass is 16.5. The minimum atomic E-state index is -0.429. The van der Waals surface area contributed by atoms with Crippen LogP contribution < -0.4 is 0 Å². The van der Waals surface area contributed by atoms with Crippen LogP contribution in [0.1, 0.15) is 29.8 Å². The number of rotatable bonds is 4. The van der Waals surface area contributed by atoms with Gasteiger partial charge in [-0.3, -0.25) is 9.69 Å². The van der Waals surface area contributed by atoms with Gasteiger partial charge in [0.25, 0.3) is 0 Å². The molecule has 2 atom stereocenters. The fourth-order valence-corrected chi connectivity index (χ4v) is 2.41. The van der Waals surface area contributed by atoms with E-state index in [0.717, 1.165) is 12.0 Å². The fraction of sp³-hybridized carbons (Fsp3) is 0.500. The molecule has 0 N–H and O–H groups in total. The molecule has 1 aliphatic rings. The van der Waals surface area contributed by atoms with Gasteiger partial charge in [-0.1, -0.05) is 31.2 Å². The van der Waals surface area contributed by atoms with Crippen LogP contribution in [0.15, 0.2) is 24.3 Å². The molecular weight excluding hydrogens is 252 g/mol. The van der Waals surface area contributed by atoms with E-state index in [1.54, 1.807) is 0 Å². The van der Waals surface area contributed by atoms with Crippen molar-refractivity contribution in [3.05, 3.63) is 35.4 Å². The molecule has 0 radical (unpaired) electrons. The van der Waals surface area contributed by atoms with Crippen LogP contribution in [0.2, 0.25) is 0 Å². The molecule has 0 amide bonds. The standard InChI is InChI=1S/C16H20N2O2/c1-3-13-4-6-14(7-5-13)16(19)12(2)18-8-9-20-15(10-17)11-18/h4-7,12,15H,3,8-9,11H2,1-2H3. The van der Waals surface area contributed by atoms with Crippen LogP contribution in [0.25, 0.3) is 0 Å². The van der Waals surface area contributed by atoms with E-state index >= 15 is 0 Å². The van der Waals surface area contributed by atoms with Gasteiger partial charge in [0.05, 0.1) is 18.7 Å². The summed E-state index contributed by atoms with van der Waals surface area (Å²) in [5, 5.41) is 8.92. The average Bonchev–Trinajstić information content (AvgIpc) is 2.53. The minimum absolute atomic E-state index is 0.103. The number of nitrogens with zero attached hydrogens (tertiary/aromatic N) is 2. The van der Waals surface area contributed by atoms with Gasteiger partial charge in [-0.05, 0) is 18.9 Å². The van der Waals surface area contributed by atoms with Crippen LogP contribution in [0, 0.1) is 11.3 Å². The van der Waals surface area contributed by atoms with E-state index in [0.29, 0.717) is 19.7 Å². The summed E-state index contributed by atoms with van der Waals surface area (Å²) < 4.78 is 5.31. The van der Waals surface area contributed by atoms with Gasteiger partial charge in [0.15, 0.2) is 11.9 Å². The van der Waals surface area contributed by atoms with Crippen LogP contribution in [0.5, 0.6) is 0 Å². The first-order chi connectivity index (χ1) is 9.65. The van der Waals surface area contributed by atoms with Crippen molar-refractivity contribution in [3.8, 4) is 6.07 Å². The maximum atomic E-state index is 12.5. The number of Topliss-reactive ketones (excluding diaryl/α,β-unsaturated/α-hetero) is 1. The van der Waals surface area contributed by atoms with Gasteiger partial charge >= 0.3 is 0 Å². The molecule has 1 fully saturated rings. The first-order valence-corrected chi connectivity index (χ1v) is 7.04. The number of carbonyl (C=O) groups excluding carboxylic acids is 1. The Bertz CT molecular complexity index is 504. The largest absolute Gasteiger partial charge is 0.361 e. The predicted molar refractivity (Wildman–Crippen MR) is 76.5 cm³/mol. The molecule has 1 heterocycles. The van der Waals surface area contributed by atoms with Crippen molar-refractivity contribution < 1.29 is 9.53 Å². The zero-order valence-corrected chi connectivity index (χ0v) is 12.0. The molecule has 0 bridgehead atoms. The Morgan fingerprint density at radius 1 is 1.50 bits per heavy atom. The summed E-state index contributed by atoms with van der Waals surface area (Å²) in [5.41, 5.74) is 1.96. The lowest BCUT2D eigenvalue weighted by molar-refractivity contribution is -0.0109. The lowest BCUT2D eigenvalue weighted by Gasteiger charge is -2.33. The smallest absolute Gasteiger partial charge is 0.179 e. The number of benzene rings is 1. The van der Waals surface area contributed by atoms with Gasteiger partial charge in [-0.2, -0.15) is 5.26 Å². The molecule has 4 heteroatoms. The number of hydrogen-bond donors (Lipinski definition) is 0. The average molecular weight is 272 g/mol. The van der Waals surface area contributed by atoms with Gasteiger partial charge in [0, 0.05) is 18.7 Å². The molecule has 1 saturated heterocycles. The summed E-state index contributed by atoms with van der Waals surface area (Å²) in [7, 11) is 0. The summed E-state index contributed by atoms with van der Waals surface area (Å²) in [5.74, 6) is 0.103. The zero-order valence-electron chi connectivity index (χ0n) is 12.0. The van der Waals surface area contributed by atoms with Crippen molar-refractivity contribution in [1.29, 1.82) is 5.26 Å². The molecular formula is C16H20N2O2. The highest BCUT2D eigenvalue weighted by molar-refractivity contribution is 5.99. The molecule has 1 aliphatic heterocycles. The van der Waals surface area contributed by atoms with Gasteiger partial charge in [-0.25, -0.2) is 0 Å². The molecule has 1 aromatic rings. The Hall–Kier alpha value is -1.70. The lowest BCUT2D eigenvalue weighted by atomic mass is 10.0. The Kier molecular flexibility index (Phi) is 4.89. The number of carbonyl (C=O) groups is 1. The third kappa shape index (κ3) is 3.24. The number of hydrogen-bond acceptors (Lipinski definition) is 4. The van der Waals surface area contributed by atoms with E-state index in [1.807, 2.05) is 36.1 Å². The SMILES string of the molecule is CCc1ccc(C(=O)C(C)N2CCOC(C#N)C2)cc1. The maximum absolute atomic E-state index is 12.5. The second kappa shape index (κ2) is 6.65. The second-order valence-corrected chi connectivity index (χ2v) is 5.07. The number of aryl methyl sites for hydroxylation is 1. The monoisotopic (exact) mass is 272 g/mol. The lowest BCUT2D eigenvalue weighted by Crippen LogP contribution is -2.49. The topological polar surface area (TPSA) is 53.3 Å². The van der Waals surface area contributed by atoms with Crippen LogP contribution in [-0.4, -0.2) is 42.5 Å². The predicted octanol–water partition coefficient (Wildman–Crippen LogP) is 2.04. The maximum Gasteiger partial charge on any atom is 0.179 e. The molecule has 4 nitrogen and oxygen atoms in total. The minimum Gasteiger partial charge on any atom is -0.361 e. The molecule has 0 aliphatic carbocycles. The van der Waals surface area contributed by atoms with Gasteiger partial charge in [0.1, 0.15) is 0 Å². The zero-order chi connectivity index (χ0) is 14.5. The Labute approximate surface area is 120 Å². The van der Waals surface area contributed by atoms with E-state index < -0.39 is 6.10 Å².